The minimum absolute atomic E-state index is 0.212. The summed E-state index contributed by atoms with van der Waals surface area (Å²) in [5.41, 5.74) is 7.36. The molecule has 4 nitrogen and oxygen atoms in total. The summed E-state index contributed by atoms with van der Waals surface area (Å²) in [4.78, 5) is 3.19. The molecule has 108 valence electrons. The van der Waals surface area contributed by atoms with Crippen LogP contribution in [0.3, 0.4) is 0 Å². The lowest BCUT2D eigenvalue weighted by Gasteiger charge is -2.11. The minimum Gasteiger partial charge on any atom is -0.353 e. The molecule has 1 heterocycles. The third-order valence-electron chi connectivity index (χ3n) is 2.95. The summed E-state index contributed by atoms with van der Waals surface area (Å²) < 4.78 is 0.964. The Bertz CT molecular complexity index is 554. The second-order valence-electron chi connectivity index (χ2n) is 4.83. The van der Waals surface area contributed by atoms with E-state index < -0.39 is 0 Å². The maximum absolute atomic E-state index is 6.07. The molecule has 0 amide bonds. The molecule has 0 bridgehead atoms. The van der Waals surface area contributed by atoms with Gasteiger partial charge in [-0.1, -0.05) is 48.2 Å². The molecule has 0 saturated heterocycles. The van der Waals surface area contributed by atoms with Gasteiger partial charge in [0.15, 0.2) is 4.34 Å². The molecule has 0 aliphatic carbocycles. The first-order valence-electron chi connectivity index (χ1n) is 6.62. The zero-order chi connectivity index (χ0) is 14.5. The molecule has 20 heavy (non-hydrogen) atoms. The molecule has 1 aromatic carbocycles. The lowest BCUT2D eigenvalue weighted by atomic mass is 10.1. The number of anilines is 1. The SMILES string of the molecule is CCC(N)Cc1ccccc1Sc1nnc(N(C)C)s1. The van der Waals surface area contributed by atoms with E-state index in [2.05, 4.69) is 41.4 Å². The van der Waals surface area contributed by atoms with Crippen LogP contribution < -0.4 is 10.6 Å². The van der Waals surface area contributed by atoms with Crippen molar-refractivity contribution in [1.29, 1.82) is 0 Å². The van der Waals surface area contributed by atoms with E-state index >= 15 is 0 Å². The van der Waals surface area contributed by atoms with Crippen LogP contribution in [0.25, 0.3) is 0 Å². The van der Waals surface area contributed by atoms with Crippen LogP contribution in [0.2, 0.25) is 0 Å². The third-order valence-corrected chi connectivity index (χ3v) is 5.21. The average Bonchev–Trinajstić information content (AvgIpc) is 2.89. The van der Waals surface area contributed by atoms with E-state index in [0.29, 0.717) is 0 Å². The lowest BCUT2D eigenvalue weighted by molar-refractivity contribution is 0.641. The van der Waals surface area contributed by atoms with Gasteiger partial charge in [-0.3, -0.25) is 0 Å². The Balaban J connectivity index is 2.15. The highest BCUT2D eigenvalue weighted by Gasteiger charge is 2.11. The predicted molar refractivity (Wildman–Crippen MR) is 86.8 cm³/mol. The topological polar surface area (TPSA) is 55.0 Å². The highest BCUT2D eigenvalue weighted by atomic mass is 32.2. The van der Waals surface area contributed by atoms with Crippen LogP contribution in [0.15, 0.2) is 33.5 Å². The van der Waals surface area contributed by atoms with Crippen molar-refractivity contribution >= 4 is 28.2 Å². The Morgan fingerprint density at radius 1 is 1.30 bits per heavy atom. The van der Waals surface area contributed by atoms with Crippen molar-refractivity contribution in [2.24, 2.45) is 5.73 Å². The van der Waals surface area contributed by atoms with Crippen LogP contribution >= 0.6 is 23.1 Å². The molecular formula is C14H20N4S2. The van der Waals surface area contributed by atoms with E-state index in [1.807, 2.05) is 19.0 Å². The first-order valence-corrected chi connectivity index (χ1v) is 8.25. The number of aromatic nitrogens is 2. The Kier molecular flexibility index (Phi) is 5.39. The monoisotopic (exact) mass is 308 g/mol. The first-order chi connectivity index (χ1) is 9.60. The van der Waals surface area contributed by atoms with E-state index in [0.717, 1.165) is 22.3 Å². The highest BCUT2D eigenvalue weighted by molar-refractivity contribution is 8.01. The summed E-state index contributed by atoms with van der Waals surface area (Å²) in [6.45, 7) is 2.12. The Morgan fingerprint density at radius 3 is 2.70 bits per heavy atom. The van der Waals surface area contributed by atoms with E-state index in [9.17, 15) is 0 Å². The molecular weight excluding hydrogens is 288 g/mol. The van der Waals surface area contributed by atoms with E-state index in [1.165, 1.54) is 10.5 Å². The molecule has 0 fully saturated rings. The average molecular weight is 308 g/mol. The second kappa shape index (κ2) is 7.06. The summed E-state index contributed by atoms with van der Waals surface area (Å²) >= 11 is 3.27. The third kappa shape index (κ3) is 3.94. The quantitative estimate of drug-likeness (QED) is 0.889. The van der Waals surface area contributed by atoms with Crippen LogP contribution in [0, 0.1) is 0 Å². The lowest BCUT2D eigenvalue weighted by Crippen LogP contribution is -2.21. The van der Waals surface area contributed by atoms with Crippen molar-refractivity contribution in [2.45, 2.75) is 35.0 Å². The predicted octanol–water partition coefficient (Wildman–Crippen LogP) is 3.04. The van der Waals surface area contributed by atoms with Crippen molar-refractivity contribution in [3.8, 4) is 0 Å². The van der Waals surface area contributed by atoms with Crippen LogP contribution in [0.4, 0.5) is 5.13 Å². The van der Waals surface area contributed by atoms with E-state index in [4.69, 9.17) is 5.73 Å². The first kappa shape index (κ1) is 15.3. The number of nitrogens with zero attached hydrogens (tertiary/aromatic N) is 3. The second-order valence-corrected chi connectivity index (χ2v) is 7.07. The van der Waals surface area contributed by atoms with Crippen molar-refractivity contribution in [3.05, 3.63) is 29.8 Å². The van der Waals surface area contributed by atoms with Crippen molar-refractivity contribution in [2.75, 3.05) is 19.0 Å². The van der Waals surface area contributed by atoms with Gasteiger partial charge >= 0.3 is 0 Å². The normalized spacial score (nSPS) is 12.4. The largest absolute Gasteiger partial charge is 0.353 e. The zero-order valence-corrected chi connectivity index (χ0v) is 13.7. The van der Waals surface area contributed by atoms with Crippen molar-refractivity contribution in [3.63, 3.8) is 0 Å². The maximum atomic E-state index is 6.07. The van der Waals surface area contributed by atoms with Gasteiger partial charge < -0.3 is 10.6 Å². The molecule has 0 saturated carbocycles. The van der Waals surface area contributed by atoms with Gasteiger partial charge in [0.05, 0.1) is 0 Å². The smallest absolute Gasteiger partial charge is 0.208 e. The summed E-state index contributed by atoms with van der Waals surface area (Å²) in [5.74, 6) is 0. The minimum atomic E-state index is 0.212. The summed E-state index contributed by atoms with van der Waals surface area (Å²) in [5, 5.41) is 9.33. The molecule has 2 N–H and O–H groups in total. The molecule has 0 aliphatic heterocycles. The molecule has 1 unspecified atom stereocenters. The number of benzene rings is 1. The molecule has 0 aliphatic rings. The molecule has 0 spiro atoms. The van der Waals surface area contributed by atoms with Gasteiger partial charge in [0.25, 0.3) is 0 Å². The van der Waals surface area contributed by atoms with Gasteiger partial charge in [0, 0.05) is 25.0 Å². The fourth-order valence-electron chi connectivity index (χ4n) is 1.72. The van der Waals surface area contributed by atoms with Crippen LogP contribution in [-0.4, -0.2) is 30.3 Å². The van der Waals surface area contributed by atoms with Crippen molar-refractivity contribution in [1.82, 2.24) is 10.2 Å². The van der Waals surface area contributed by atoms with E-state index in [1.54, 1.807) is 23.1 Å². The van der Waals surface area contributed by atoms with Crippen molar-refractivity contribution < 1.29 is 0 Å². The maximum Gasteiger partial charge on any atom is 0.208 e. The van der Waals surface area contributed by atoms with Crippen LogP contribution in [-0.2, 0) is 6.42 Å². The molecule has 1 atom stereocenters. The number of nitrogens with two attached hydrogens (primary N) is 1. The van der Waals surface area contributed by atoms with Gasteiger partial charge in [-0.25, -0.2) is 0 Å². The number of rotatable bonds is 6. The molecule has 6 heteroatoms. The molecule has 0 radical (unpaired) electrons. The van der Waals surface area contributed by atoms with Gasteiger partial charge in [-0.05, 0) is 24.5 Å². The fraction of sp³-hybridized carbons (Fsp3) is 0.429. The van der Waals surface area contributed by atoms with E-state index in [-0.39, 0.29) is 6.04 Å². The fourth-order valence-corrected chi connectivity index (χ4v) is 3.58. The highest BCUT2D eigenvalue weighted by Crippen LogP contribution is 2.34. The number of hydrogen-bond acceptors (Lipinski definition) is 6. The van der Waals surface area contributed by atoms with Crippen LogP contribution in [0.1, 0.15) is 18.9 Å². The van der Waals surface area contributed by atoms with Gasteiger partial charge in [0.1, 0.15) is 0 Å². The Hall–Kier alpha value is -1.11. The summed E-state index contributed by atoms with van der Waals surface area (Å²) in [7, 11) is 3.95. The van der Waals surface area contributed by atoms with Gasteiger partial charge in [-0.15, -0.1) is 10.2 Å². The summed E-state index contributed by atoms with van der Waals surface area (Å²) in [6, 6.07) is 8.60. The van der Waals surface area contributed by atoms with Gasteiger partial charge in [-0.2, -0.15) is 0 Å². The molecule has 2 aromatic rings. The molecule has 2 rings (SSSR count). The molecule has 1 aromatic heterocycles. The van der Waals surface area contributed by atoms with Gasteiger partial charge in [0.2, 0.25) is 5.13 Å². The Morgan fingerprint density at radius 2 is 2.05 bits per heavy atom. The summed E-state index contributed by atoms with van der Waals surface area (Å²) in [6.07, 6.45) is 1.89. The standard InChI is InChI=1S/C14H20N4S2/c1-4-11(15)9-10-7-5-6-8-12(10)19-14-17-16-13(20-14)18(2)3/h5-8,11H,4,9,15H2,1-3H3. The van der Waals surface area contributed by atoms with Crippen LogP contribution in [0.5, 0.6) is 0 Å². The number of hydrogen-bond donors (Lipinski definition) is 1. The Labute approximate surface area is 128 Å². The zero-order valence-electron chi connectivity index (χ0n) is 12.0.